The average molecular weight is 473 g/mol. The van der Waals surface area contributed by atoms with E-state index in [1.807, 2.05) is 36.4 Å². The van der Waals surface area contributed by atoms with Crippen LogP contribution >= 0.6 is 0 Å². The quantitative estimate of drug-likeness (QED) is 0.256. The van der Waals surface area contributed by atoms with E-state index in [9.17, 15) is 0 Å². The summed E-state index contributed by atoms with van der Waals surface area (Å²) in [5.41, 5.74) is 13.1. The first kappa shape index (κ1) is 21.5. The standard InChI is InChI=1S/C35H24N2/c1-3-10-25(11-4-1)33-23-34(26-12-5-2-6-13-26)37-35(36-33)27-20-18-24(19-21-27)29-16-9-17-31-30-15-8-7-14-28(30)22-32(29)31/h1-21,23H,22H2. The second-order valence-corrected chi connectivity index (χ2v) is 9.44. The molecular weight excluding hydrogens is 448 g/mol. The molecule has 5 aromatic carbocycles. The van der Waals surface area contributed by atoms with E-state index in [4.69, 9.17) is 9.97 Å². The fraction of sp³-hybridized carbons (Fsp3) is 0.0286. The van der Waals surface area contributed by atoms with Crippen LogP contribution in [-0.2, 0) is 6.42 Å². The van der Waals surface area contributed by atoms with Crippen LogP contribution in [0.3, 0.4) is 0 Å². The molecule has 0 amide bonds. The molecule has 0 atom stereocenters. The van der Waals surface area contributed by atoms with Gasteiger partial charge in [0, 0.05) is 16.7 Å². The Kier molecular flexibility index (Phi) is 5.22. The van der Waals surface area contributed by atoms with Crippen molar-refractivity contribution in [3.63, 3.8) is 0 Å². The van der Waals surface area contributed by atoms with Gasteiger partial charge >= 0.3 is 0 Å². The Morgan fingerprint density at radius 1 is 0.405 bits per heavy atom. The summed E-state index contributed by atoms with van der Waals surface area (Å²) in [4.78, 5) is 9.95. The first-order valence-electron chi connectivity index (χ1n) is 12.6. The first-order chi connectivity index (χ1) is 18.3. The lowest BCUT2D eigenvalue weighted by Gasteiger charge is -2.11. The molecule has 174 valence electrons. The highest BCUT2D eigenvalue weighted by atomic mass is 14.9. The zero-order valence-corrected chi connectivity index (χ0v) is 20.3. The van der Waals surface area contributed by atoms with Crippen LogP contribution in [0.4, 0.5) is 0 Å². The number of hydrogen-bond donors (Lipinski definition) is 0. The lowest BCUT2D eigenvalue weighted by Crippen LogP contribution is -1.96. The molecule has 0 saturated heterocycles. The van der Waals surface area contributed by atoms with Crippen LogP contribution in [0.2, 0.25) is 0 Å². The van der Waals surface area contributed by atoms with Crippen molar-refractivity contribution in [3.8, 4) is 56.2 Å². The Morgan fingerprint density at radius 2 is 0.946 bits per heavy atom. The maximum Gasteiger partial charge on any atom is 0.160 e. The topological polar surface area (TPSA) is 25.8 Å². The van der Waals surface area contributed by atoms with Gasteiger partial charge in [0.1, 0.15) is 0 Å². The van der Waals surface area contributed by atoms with Crippen LogP contribution in [0.15, 0.2) is 133 Å². The van der Waals surface area contributed by atoms with E-state index < -0.39 is 0 Å². The van der Waals surface area contributed by atoms with Crippen molar-refractivity contribution in [1.82, 2.24) is 9.97 Å². The van der Waals surface area contributed by atoms with E-state index in [2.05, 4.69) is 97.1 Å². The van der Waals surface area contributed by atoms with Crippen LogP contribution in [0.1, 0.15) is 11.1 Å². The highest BCUT2D eigenvalue weighted by Crippen LogP contribution is 2.41. The van der Waals surface area contributed by atoms with Gasteiger partial charge in [0.15, 0.2) is 5.82 Å². The maximum atomic E-state index is 4.98. The highest BCUT2D eigenvalue weighted by Gasteiger charge is 2.21. The Labute approximate surface area is 217 Å². The van der Waals surface area contributed by atoms with Crippen LogP contribution in [0.25, 0.3) is 56.2 Å². The van der Waals surface area contributed by atoms with E-state index in [-0.39, 0.29) is 0 Å². The lowest BCUT2D eigenvalue weighted by molar-refractivity contribution is 1.18. The third-order valence-corrected chi connectivity index (χ3v) is 7.17. The molecule has 0 N–H and O–H groups in total. The molecule has 0 aliphatic heterocycles. The molecule has 0 saturated carbocycles. The number of hydrogen-bond acceptors (Lipinski definition) is 2. The third-order valence-electron chi connectivity index (χ3n) is 7.17. The summed E-state index contributed by atoms with van der Waals surface area (Å²) < 4.78 is 0. The Hall–Kier alpha value is -4.82. The molecule has 1 heterocycles. The zero-order valence-electron chi connectivity index (χ0n) is 20.3. The predicted molar refractivity (Wildman–Crippen MR) is 152 cm³/mol. The van der Waals surface area contributed by atoms with Crippen molar-refractivity contribution in [2.24, 2.45) is 0 Å². The molecule has 0 fully saturated rings. The predicted octanol–water partition coefficient (Wildman–Crippen LogP) is 8.72. The summed E-state index contributed by atoms with van der Waals surface area (Å²) >= 11 is 0. The van der Waals surface area contributed by atoms with Gasteiger partial charge in [-0.15, -0.1) is 0 Å². The molecule has 2 nitrogen and oxygen atoms in total. The van der Waals surface area contributed by atoms with Crippen molar-refractivity contribution in [3.05, 3.63) is 145 Å². The van der Waals surface area contributed by atoms with Gasteiger partial charge < -0.3 is 0 Å². The molecule has 6 aromatic rings. The van der Waals surface area contributed by atoms with Gasteiger partial charge in [-0.05, 0) is 45.9 Å². The van der Waals surface area contributed by atoms with E-state index in [0.29, 0.717) is 0 Å². The second-order valence-electron chi connectivity index (χ2n) is 9.44. The smallest absolute Gasteiger partial charge is 0.160 e. The molecule has 7 rings (SSSR count). The van der Waals surface area contributed by atoms with Crippen LogP contribution in [0, 0.1) is 0 Å². The fourth-order valence-electron chi connectivity index (χ4n) is 5.32. The molecule has 0 unspecified atom stereocenters. The summed E-state index contributed by atoms with van der Waals surface area (Å²) in [6.45, 7) is 0. The lowest BCUT2D eigenvalue weighted by atomic mass is 9.95. The number of rotatable bonds is 4. The number of nitrogens with zero attached hydrogens (tertiary/aromatic N) is 2. The Bertz CT molecular complexity index is 1660. The van der Waals surface area contributed by atoms with Crippen LogP contribution in [-0.4, -0.2) is 9.97 Å². The van der Waals surface area contributed by atoms with Gasteiger partial charge in [0.25, 0.3) is 0 Å². The largest absolute Gasteiger partial charge is 0.228 e. The minimum absolute atomic E-state index is 0.734. The average Bonchev–Trinajstić information content (AvgIpc) is 3.37. The molecule has 1 aliphatic rings. The molecule has 1 aromatic heterocycles. The van der Waals surface area contributed by atoms with Gasteiger partial charge in [-0.3, -0.25) is 0 Å². The summed E-state index contributed by atoms with van der Waals surface area (Å²) in [5, 5.41) is 0. The summed E-state index contributed by atoms with van der Waals surface area (Å²) in [6.07, 6.45) is 0.978. The van der Waals surface area contributed by atoms with Gasteiger partial charge in [-0.1, -0.05) is 127 Å². The second kappa shape index (κ2) is 9.00. The van der Waals surface area contributed by atoms with Gasteiger partial charge in [-0.2, -0.15) is 0 Å². The van der Waals surface area contributed by atoms with Crippen molar-refractivity contribution < 1.29 is 0 Å². The molecule has 0 radical (unpaired) electrons. The minimum atomic E-state index is 0.734. The fourth-order valence-corrected chi connectivity index (χ4v) is 5.32. The zero-order chi connectivity index (χ0) is 24.6. The van der Waals surface area contributed by atoms with Crippen molar-refractivity contribution >= 4 is 0 Å². The molecule has 2 heteroatoms. The maximum absolute atomic E-state index is 4.98. The van der Waals surface area contributed by atoms with E-state index in [1.165, 1.54) is 33.4 Å². The van der Waals surface area contributed by atoms with Gasteiger partial charge in [0.05, 0.1) is 11.4 Å². The van der Waals surface area contributed by atoms with Crippen molar-refractivity contribution in [1.29, 1.82) is 0 Å². The summed E-state index contributed by atoms with van der Waals surface area (Å²) in [7, 11) is 0. The number of fused-ring (bicyclic) bond motifs is 3. The monoisotopic (exact) mass is 472 g/mol. The third kappa shape index (κ3) is 3.93. The minimum Gasteiger partial charge on any atom is -0.228 e. The number of aromatic nitrogens is 2. The first-order valence-corrected chi connectivity index (χ1v) is 12.6. The van der Waals surface area contributed by atoms with E-state index in [1.54, 1.807) is 0 Å². The van der Waals surface area contributed by atoms with E-state index in [0.717, 1.165) is 40.3 Å². The number of benzene rings is 5. The Balaban J connectivity index is 1.30. The molecule has 0 spiro atoms. The van der Waals surface area contributed by atoms with Crippen LogP contribution < -0.4 is 0 Å². The van der Waals surface area contributed by atoms with Gasteiger partial charge in [-0.25, -0.2) is 9.97 Å². The SMILES string of the molecule is c1ccc(-c2cc(-c3ccccc3)nc(-c3ccc(-c4cccc5c4Cc4ccccc4-5)cc3)n2)cc1. The van der Waals surface area contributed by atoms with Crippen molar-refractivity contribution in [2.45, 2.75) is 6.42 Å². The normalized spacial score (nSPS) is 11.7. The van der Waals surface area contributed by atoms with E-state index >= 15 is 0 Å². The van der Waals surface area contributed by atoms with Gasteiger partial charge in [0.2, 0.25) is 0 Å². The molecular formula is C35H24N2. The highest BCUT2D eigenvalue weighted by molar-refractivity contribution is 5.85. The van der Waals surface area contributed by atoms with Crippen molar-refractivity contribution in [2.75, 3.05) is 0 Å². The Morgan fingerprint density at radius 3 is 1.62 bits per heavy atom. The summed E-state index contributed by atoms with van der Waals surface area (Å²) in [5.74, 6) is 0.734. The molecule has 37 heavy (non-hydrogen) atoms. The molecule has 1 aliphatic carbocycles. The summed E-state index contributed by atoms with van der Waals surface area (Å²) in [6, 6.07) is 46.8. The van der Waals surface area contributed by atoms with Crippen LogP contribution in [0.5, 0.6) is 0 Å². The molecule has 0 bridgehead atoms.